The quantitative estimate of drug-likeness (QED) is 0.281. The molecule has 2 atom stereocenters. The highest BCUT2D eigenvalue weighted by Gasteiger charge is 2.41. The molecule has 0 bridgehead atoms. The van der Waals surface area contributed by atoms with Crippen LogP contribution in [0.2, 0.25) is 0 Å². The van der Waals surface area contributed by atoms with Crippen LogP contribution in [0.3, 0.4) is 0 Å². The Bertz CT molecular complexity index is 619. The average molecular weight is 501 g/mol. The second-order valence-electron chi connectivity index (χ2n) is 8.49. The maximum Gasteiger partial charge on any atom is 0.193 e. The van der Waals surface area contributed by atoms with Gasteiger partial charge in [-0.25, -0.2) is 0 Å². The zero-order chi connectivity index (χ0) is 19.3. The van der Waals surface area contributed by atoms with Crippen LogP contribution in [0.15, 0.2) is 35.3 Å². The van der Waals surface area contributed by atoms with Gasteiger partial charge in [-0.2, -0.15) is 0 Å². The van der Waals surface area contributed by atoms with Crippen LogP contribution in [-0.4, -0.2) is 79.8 Å². The summed E-state index contributed by atoms with van der Waals surface area (Å²) in [6.45, 7) is 13.0. The second kappa shape index (κ2) is 10.8. The molecule has 2 N–H and O–H groups in total. The molecule has 2 aliphatic heterocycles. The first-order valence-corrected chi connectivity index (χ1v) is 10.1. The standard InChI is InChI=1S/C21H35N5O.HI/c1-21(2,3)24-11-10-23-20(22-4)26-15-18-19(16-26)27-13-12-25(18)14-17-8-6-5-7-9-17;/h5-9,18-19,24H,10-16H2,1-4H3,(H,22,23);1H. The van der Waals surface area contributed by atoms with Crippen molar-refractivity contribution in [2.45, 2.75) is 45.0 Å². The molecule has 7 heteroatoms. The molecule has 2 saturated heterocycles. The lowest BCUT2D eigenvalue weighted by Gasteiger charge is -2.36. The van der Waals surface area contributed by atoms with Gasteiger partial charge in [0, 0.05) is 51.9 Å². The lowest BCUT2D eigenvalue weighted by atomic mass is 10.1. The Morgan fingerprint density at radius 3 is 2.61 bits per heavy atom. The Balaban J connectivity index is 0.00000280. The summed E-state index contributed by atoms with van der Waals surface area (Å²) in [5, 5.41) is 7.00. The number of guanidine groups is 1. The summed E-state index contributed by atoms with van der Waals surface area (Å²) in [5.41, 5.74) is 1.51. The predicted octanol–water partition coefficient (Wildman–Crippen LogP) is 2.15. The summed E-state index contributed by atoms with van der Waals surface area (Å²) in [7, 11) is 1.87. The van der Waals surface area contributed by atoms with Crippen LogP contribution in [-0.2, 0) is 11.3 Å². The highest BCUT2D eigenvalue weighted by Crippen LogP contribution is 2.24. The van der Waals surface area contributed by atoms with Gasteiger partial charge in [0.2, 0.25) is 0 Å². The van der Waals surface area contributed by atoms with Crippen LogP contribution in [0.25, 0.3) is 0 Å². The van der Waals surface area contributed by atoms with Gasteiger partial charge in [0.15, 0.2) is 5.96 Å². The second-order valence-corrected chi connectivity index (χ2v) is 8.49. The molecule has 2 aliphatic rings. The van der Waals surface area contributed by atoms with Crippen molar-refractivity contribution in [2.24, 2.45) is 4.99 Å². The molecule has 1 aromatic carbocycles. The number of benzene rings is 1. The Labute approximate surface area is 187 Å². The van der Waals surface area contributed by atoms with Gasteiger partial charge in [0.25, 0.3) is 0 Å². The van der Waals surface area contributed by atoms with Gasteiger partial charge in [0.05, 0.1) is 18.8 Å². The molecule has 0 saturated carbocycles. The molecular weight excluding hydrogens is 465 g/mol. The molecule has 6 nitrogen and oxygen atoms in total. The SMILES string of the molecule is CN=C(NCCNC(C)(C)C)N1CC2OCCN(Cc3ccccc3)C2C1.I. The third-order valence-electron chi connectivity index (χ3n) is 5.22. The van der Waals surface area contributed by atoms with Crippen LogP contribution in [0.5, 0.6) is 0 Å². The molecular formula is C21H36IN5O. The number of halogens is 1. The number of likely N-dealkylation sites (tertiary alicyclic amines) is 1. The number of morpholine rings is 1. The zero-order valence-corrected chi connectivity index (χ0v) is 20.0. The molecule has 3 rings (SSSR count). The van der Waals surface area contributed by atoms with Crippen molar-refractivity contribution in [3.63, 3.8) is 0 Å². The van der Waals surface area contributed by atoms with Crippen LogP contribution < -0.4 is 10.6 Å². The van der Waals surface area contributed by atoms with E-state index in [-0.39, 0.29) is 35.6 Å². The van der Waals surface area contributed by atoms with Crippen LogP contribution in [0.4, 0.5) is 0 Å². The van der Waals surface area contributed by atoms with Crippen molar-refractivity contribution in [1.29, 1.82) is 0 Å². The van der Waals surface area contributed by atoms with Gasteiger partial charge in [-0.1, -0.05) is 30.3 Å². The molecule has 0 aliphatic carbocycles. The van der Waals surface area contributed by atoms with Gasteiger partial charge < -0.3 is 20.3 Å². The van der Waals surface area contributed by atoms with E-state index in [1.54, 1.807) is 0 Å². The third-order valence-corrected chi connectivity index (χ3v) is 5.22. The summed E-state index contributed by atoms with van der Waals surface area (Å²) < 4.78 is 6.09. The van der Waals surface area contributed by atoms with E-state index in [1.165, 1.54) is 5.56 Å². The summed E-state index contributed by atoms with van der Waals surface area (Å²) >= 11 is 0. The first-order chi connectivity index (χ1) is 13.0. The molecule has 158 valence electrons. The van der Waals surface area contributed by atoms with E-state index < -0.39 is 0 Å². The number of hydrogen-bond donors (Lipinski definition) is 2. The summed E-state index contributed by atoms with van der Waals surface area (Å²) in [6, 6.07) is 11.1. The van der Waals surface area contributed by atoms with Gasteiger partial charge >= 0.3 is 0 Å². The smallest absolute Gasteiger partial charge is 0.193 e. The zero-order valence-electron chi connectivity index (χ0n) is 17.6. The Kier molecular flexibility index (Phi) is 8.98. The van der Waals surface area contributed by atoms with E-state index in [0.717, 1.165) is 51.8 Å². The Hall–Kier alpha value is -0.900. The number of aliphatic imine (C=N–C) groups is 1. The maximum atomic E-state index is 6.09. The van der Waals surface area contributed by atoms with E-state index >= 15 is 0 Å². The normalized spacial score (nSPS) is 23.3. The maximum absolute atomic E-state index is 6.09. The minimum Gasteiger partial charge on any atom is -0.373 e. The number of nitrogens with zero attached hydrogens (tertiary/aromatic N) is 3. The minimum atomic E-state index is 0. The van der Waals surface area contributed by atoms with E-state index in [4.69, 9.17) is 4.74 Å². The Morgan fingerprint density at radius 2 is 1.93 bits per heavy atom. The van der Waals surface area contributed by atoms with Crippen LogP contribution in [0, 0.1) is 0 Å². The summed E-state index contributed by atoms with van der Waals surface area (Å²) in [4.78, 5) is 9.41. The Morgan fingerprint density at radius 1 is 1.18 bits per heavy atom. The van der Waals surface area contributed by atoms with Gasteiger partial charge in [-0.05, 0) is 26.3 Å². The third kappa shape index (κ3) is 6.57. The van der Waals surface area contributed by atoms with Crippen molar-refractivity contribution in [3.05, 3.63) is 35.9 Å². The monoisotopic (exact) mass is 501 g/mol. The molecule has 2 heterocycles. The van der Waals surface area contributed by atoms with Crippen molar-refractivity contribution >= 4 is 29.9 Å². The molecule has 0 spiro atoms. The van der Waals surface area contributed by atoms with Gasteiger partial charge in [-0.15, -0.1) is 24.0 Å². The fourth-order valence-electron chi connectivity index (χ4n) is 3.89. The molecule has 28 heavy (non-hydrogen) atoms. The van der Waals surface area contributed by atoms with Crippen LogP contribution in [0.1, 0.15) is 26.3 Å². The molecule has 2 unspecified atom stereocenters. The van der Waals surface area contributed by atoms with E-state index in [2.05, 4.69) is 76.5 Å². The highest BCUT2D eigenvalue weighted by atomic mass is 127. The fraction of sp³-hybridized carbons (Fsp3) is 0.667. The lowest BCUT2D eigenvalue weighted by Crippen LogP contribution is -2.50. The first kappa shape index (κ1) is 23.4. The average Bonchev–Trinajstić information content (AvgIpc) is 3.07. The summed E-state index contributed by atoms with van der Waals surface area (Å²) in [5.74, 6) is 0.975. The number of hydrogen-bond acceptors (Lipinski definition) is 4. The minimum absolute atomic E-state index is 0. The van der Waals surface area contributed by atoms with Gasteiger partial charge in [-0.3, -0.25) is 9.89 Å². The van der Waals surface area contributed by atoms with Crippen molar-refractivity contribution in [2.75, 3.05) is 46.4 Å². The number of fused-ring (bicyclic) bond motifs is 1. The molecule has 0 aromatic heterocycles. The number of rotatable bonds is 5. The van der Waals surface area contributed by atoms with Crippen molar-refractivity contribution in [3.8, 4) is 0 Å². The summed E-state index contributed by atoms with van der Waals surface area (Å²) in [6.07, 6.45) is 0.258. The fourth-order valence-corrected chi connectivity index (χ4v) is 3.89. The number of nitrogens with one attached hydrogen (secondary N) is 2. The first-order valence-electron chi connectivity index (χ1n) is 10.1. The van der Waals surface area contributed by atoms with Crippen molar-refractivity contribution in [1.82, 2.24) is 20.4 Å². The van der Waals surface area contributed by atoms with E-state index in [1.807, 2.05) is 7.05 Å². The molecule has 0 radical (unpaired) electrons. The molecule has 1 aromatic rings. The topological polar surface area (TPSA) is 52.1 Å². The lowest BCUT2D eigenvalue weighted by molar-refractivity contribution is -0.0502. The van der Waals surface area contributed by atoms with E-state index in [0.29, 0.717) is 6.04 Å². The molecule has 0 amide bonds. The largest absolute Gasteiger partial charge is 0.373 e. The number of ether oxygens (including phenoxy) is 1. The van der Waals surface area contributed by atoms with E-state index in [9.17, 15) is 0 Å². The predicted molar refractivity (Wildman–Crippen MR) is 126 cm³/mol. The van der Waals surface area contributed by atoms with Gasteiger partial charge in [0.1, 0.15) is 0 Å². The van der Waals surface area contributed by atoms with Crippen molar-refractivity contribution < 1.29 is 4.74 Å². The highest BCUT2D eigenvalue weighted by molar-refractivity contribution is 14.0. The van der Waals surface area contributed by atoms with Crippen LogP contribution >= 0.6 is 24.0 Å². The molecule has 2 fully saturated rings.